The predicted octanol–water partition coefficient (Wildman–Crippen LogP) is 0.809. The van der Waals surface area contributed by atoms with Crippen LogP contribution in [-0.2, 0) is 20.9 Å². The number of carbonyl (C=O) groups is 2. The van der Waals surface area contributed by atoms with Crippen molar-refractivity contribution in [3.05, 3.63) is 51.4 Å². The van der Waals surface area contributed by atoms with Gasteiger partial charge in [-0.2, -0.15) is 9.50 Å². The molecule has 27 heavy (non-hydrogen) atoms. The summed E-state index contributed by atoms with van der Waals surface area (Å²) in [5, 5.41) is 7.25. The summed E-state index contributed by atoms with van der Waals surface area (Å²) in [7, 11) is 1.23. The molecule has 0 atom stereocenters. The minimum atomic E-state index is -0.558. The molecule has 3 aromatic rings. The number of ether oxygens (including phenoxy) is 1. The Morgan fingerprint density at radius 2 is 1.96 bits per heavy atom. The standard InChI is InChI=1S/C17H16ClN5O4/c1-10-7-14(25)23-17(22(10)9-13(24)19-8-15(26)27-2)20-16(21-23)11-3-5-12(18)6-4-11/h3-7H,8-9H2,1-2H3,(H,19,24). The molecule has 1 N–H and O–H groups in total. The molecule has 3 rings (SSSR count). The van der Waals surface area contributed by atoms with Gasteiger partial charge in [0.2, 0.25) is 11.7 Å². The summed E-state index contributed by atoms with van der Waals surface area (Å²) in [6.45, 7) is 1.31. The van der Waals surface area contributed by atoms with Crippen molar-refractivity contribution in [3.63, 3.8) is 0 Å². The van der Waals surface area contributed by atoms with Gasteiger partial charge in [-0.15, -0.1) is 5.10 Å². The third-order valence-electron chi connectivity index (χ3n) is 3.86. The highest BCUT2D eigenvalue weighted by Crippen LogP contribution is 2.19. The number of benzene rings is 1. The zero-order valence-electron chi connectivity index (χ0n) is 14.6. The van der Waals surface area contributed by atoms with Gasteiger partial charge in [0.1, 0.15) is 13.1 Å². The molecule has 0 spiro atoms. The van der Waals surface area contributed by atoms with Crippen LogP contribution in [0, 0.1) is 6.92 Å². The van der Waals surface area contributed by atoms with Crippen LogP contribution in [0.5, 0.6) is 0 Å². The van der Waals surface area contributed by atoms with E-state index in [1.165, 1.54) is 13.2 Å². The summed E-state index contributed by atoms with van der Waals surface area (Å²) in [6, 6.07) is 8.23. The molecule has 0 bridgehead atoms. The second-order valence-corrected chi connectivity index (χ2v) is 6.15. The fourth-order valence-electron chi connectivity index (χ4n) is 2.46. The van der Waals surface area contributed by atoms with Crippen LogP contribution >= 0.6 is 11.6 Å². The lowest BCUT2D eigenvalue weighted by Gasteiger charge is -2.11. The molecule has 0 aliphatic heterocycles. The molecule has 2 aromatic heterocycles. The Morgan fingerprint density at radius 3 is 2.63 bits per heavy atom. The molecule has 10 heteroatoms. The number of nitrogens with one attached hydrogen (secondary N) is 1. The average molecular weight is 390 g/mol. The van der Waals surface area contributed by atoms with Crippen LogP contribution in [0.4, 0.5) is 0 Å². The number of nitrogens with zero attached hydrogens (tertiary/aromatic N) is 4. The van der Waals surface area contributed by atoms with E-state index in [4.69, 9.17) is 11.6 Å². The fourth-order valence-corrected chi connectivity index (χ4v) is 2.59. The lowest BCUT2D eigenvalue weighted by atomic mass is 10.2. The lowest BCUT2D eigenvalue weighted by Crippen LogP contribution is -2.34. The van der Waals surface area contributed by atoms with Crippen molar-refractivity contribution in [2.45, 2.75) is 13.5 Å². The van der Waals surface area contributed by atoms with E-state index in [1.807, 2.05) is 0 Å². The molecule has 1 aromatic carbocycles. The van der Waals surface area contributed by atoms with E-state index in [0.29, 0.717) is 22.1 Å². The lowest BCUT2D eigenvalue weighted by molar-refractivity contribution is -0.141. The molecule has 0 fully saturated rings. The van der Waals surface area contributed by atoms with Crippen LogP contribution in [0.25, 0.3) is 17.2 Å². The van der Waals surface area contributed by atoms with Gasteiger partial charge in [0.05, 0.1) is 7.11 Å². The number of rotatable bonds is 5. The van der Waals surface area contributed by atoms with Gasteiger partial charge in [0.15, 0.2) is 5.82 Å². The van der Waals surface area contributed by atoms with Crippen LogP contribution in [0.2, 0.25) is 5.02 Å². The molecule has 0 aliphatic carbocycles. The zero-order chi connectivity index (χ0) is 19.6. The summed E-state index contributed by atoms with van der Waals surface area (Å²) in [5.41, 5.74) is 0.860. The van der Waals surface area contributed by atoms with Gasteiger partial charge in [0.25, 0.3) is 5.56 Å². The van der Waals surface area contributed by atoms with E-state index in [2.05, 4.69) is 20.1 Å². The maximum atomic E-state index is 12.3. The van der Waals surface area contributed by atoms with Crippen LogP contribution < -0.4 is 10.9 Å². The zero-order valence-corrected chi connectivity index (χ0v) is 15.4. The Morgan fingerprint density at radius 1 is 1.26 bits per heavy atom. The number of hydrogen-bond acceptors (Lipinski definition) is 6. The second kappa shape index (κ2) is 7.58. The van der Waals surface area contributed by atoms with Gasteiger partial charge in [0, 0.05) is 22.3 Å². The molecule has 140 valence electrons. The number of amides is 1. The topological polar surface area (TPSA) is 108 Å². The van der Waals surface area contributed by atoms with Gasteiger partial charge in [-0.1, -0.05) is 11.6 Å². The van der Waals surface area contributed by atoms with E-state index >= 15 is 0 Å². The smallest absolute Gasteiger partial charge is 0.325 e. The van der Waals surface area contributed by atoms with Crippen molar-refractivity contribution in [1.29, 1.82) is 0 Å². The van der Waals surface area contributed by atoms with Crippen LogP contribution in [-0.4, -0.2) is 44.7 Å². The Bertz CT molecular complexity index is 1070. The number of aryl methyl sites for hydroxylation is 1. The SMILES string of the molecule is COC(=O)CNC(=O)Cn1c(C)cc(=O)n2nc(-c3ccc(Cl)cc3)nc12. The van der Waals surface area contributed by atoms with Gasteiger partial charge in [-0.3, -0.25) is 14.4 Å². The first kappa shape index (κ1) is 18.6. The molecule has 0 saturated carbocycles. The van der Waals surface area contributed by atoms with Crippen molar-refractivity contribution < 1.29 is 14.3 Å². The van der Waals surface area contributed by atoms with Crippen molar-refractivity contribution in [2.24, 2.45) is 0 Å². The molecular weight excluding hydrogens is 374 g/mol. The van der Waals surface area contributed by atoms with Crippen LogP contribution in [0.15, 0.2) is 35.1 Å². The minimum absolute atomic E-state index is 0.134. The van der Waals surface area contributed by atoms with Gasteiger partial charge in [-0.25, -0.2) is 0 Å². The molecule has 0 radical (unpaired) electrons. The van der Waals surface area contributed by atoms with Crippen LogP contribution in [0.1, 0.15) is 5.69 Å². The number of aromatic nitrogens is 4. The first-order valence-electron chi connectivity index (χ1n) is 7.95. The predicted molar refractivity (Wildman–Crippen MR) is 97.5 cm³/mol. The number of esters is 1. The number of halogens is 1. The number of carbonyl (C=O) groups excluding carboxylic acids is 2. The molecule has 9 nitrogen and oxygen atoms in total. The molecule has 0 aliphatic rings. The highest BCUT2D eigenvalue weighted by molar-refractivity contribution is 6.30. The van der Waals surface area contributed by atoms with Gasteiger partial charge < -0.3 is 14.6 Å². The highest BCUT2D eigenvalue weighted by atomic mass is 35.5. The number of hydrogen-bond donors (Lipinski definition) is 1. The Kier molecular flexibility index (Phi) is 5.22. The highest BCUT2D eigenvalue weighted by Gasteiger charge is 2.16. The minimum Gasteiger partial charge on any atom is -0.468 e. The van der Waals surface area contributed by atoms with Crippen molar-refractivity contribution >= 4 is 29.3 Å². The first-order valence-corrected chi connectivity index (χ1v) is 8.33. The third-order valence-corrected chi connectivity index (χ3v) is 4.11. The quantitative estimate of drug-likeness (QED) is 0.647. The number of methoxy groups -OCH3 is 1. The van der Waals surface area contributed by atoms with E-state index in [0.717, 1.165) is 4.52 Å². The third kappa shape index (κ3) is 3.98. The van der Waals surface area contributed by atoms with E-state index < -0.39 is 11.9 Å². The summed E-state index contributed by atoms with van der Waals surface area (Å²) < 4.78 is 7.16. The van der Waals surface area contributed by atoms with E-state index in [1.54, 1.807) is 35.8 Å². The fraction of sp³-hybridized carbons (Fsp3) is 0.235. The molecule has 1 amide bonds. The van der Waals surface area contributed by atoms with Gasteiger partial charge >= 0.3 is 5.97 Å². The summed E-state index contributed by atoms with van der Waals surface area (Å²) in [4.78, 5) is 39.9. The monoisotopic (exact) mass is 389 g/mol. The molecule has 2 heterocycles. The normalized spacial score (nSPS) is 10.8. The largest absolute Gasteiger partial charge is 0.468 e. The second-order valence-electron chi connectivity index (χ2n) is 5.72. The summed E-state index contributed by atoms with van der Waals surface area (Å²) in [5.74, 6) is -0.432. The van der Waals surface area contributed by atoms with Gasteiger partial charge in [-0.05, 0) is 31.2 Å². The van der Waals surface area contributed by atoms with E-state index in [-0.39, 0.29) is 24.4 Å². The molecule has 0 saturated heterocycles. The maximum absolute atomic E-state index is 12.3. The molecular formula is C17H16ClN5O4. The first-order chi connectivity index (χ1) is 12.9. The van der Waals surface area contributed by atoms with Crippen molar-refractivity contribution in [1.82, 2.24) is 24.5 Å². The van der Waals surface area contributed by atoms with Crippen LogP contribution in [0.3, 0.4) is 0 Å². The average Bonchev–Trinajstić information content (AvgIpc) is 3.09. The Balaban J connectivity index is 1.97. The summed E-state index contributed by atoms with van der Waals surface area (Å²) >= 11 is 5.89. The Hall–Kier alpha value is -3.20. The molecule has 0 unspecified atom stereocenters. The van der Waals surface area contributed by atoms with Crippen molar-refractivity contribution in [3.8, 4) is 11.4 Å². The van der Waals surface area contributed by atoms with E-state index in [9.17, 15) is 14.4 Å². The number of fused-ring (bicyclic) bond motifs is 1. The summed E-state index contributed by atoms with van der Waals surface area (Å²) in [6.07, 6.45) is 0. The maximum Gasteiger partial charge on any atom is 0.325 e. The van der Waals surface area contributed by atoms with Crippen molar-refractivity contribution in [2.75, 3.05) is 13.7 Å². The Labute approximate surface area is 158 Å².